The SMILES string of the molecule is CCC(CCn1ccc2c(Cl)ncnc21)CN(CC#Cc1ccc(Br)c(C(=O)C(C)C)c1)C(=O)CC(C)(C)C1=C(C)C(=O)C(C)=C(C)C1=O. The van der Waals surface area contributed by atoms with Crippen LogP contribution in [0.5, 0.6) is 0 Å². The number of hydrogen-bond donors (Lipinski definition) is 0. The van der Waals surface area contributed by atoms with Crippen molar-refractivity contribution in [2.45, 2.75) is 81.2 Å². The van der Waals surface area contributed by atoms with Crippen LogP contribution in [0.1, 0.15) is 90.6 Å². The number of Topliss-reactive ketones (excluding diaryl/α,β-unsaturated/α-hetero) is 3. The highest BCUT2D eigenvalue weighted by molar-refractivity contribution is 9.10. The van der Waals surface area contributed by atoms with Gasteiger partial charge in [0.05, 0.1) is 11.9 Å². The Kier molecular flexibility index (Phi) is 12.2. The van der Waals surface area contributed by atoms with E-state index in [9.17, 15) is 19.2 Å². The van der Waals surface area contributed by atoms with E-state index in [0.717, 1.165) is 23.9 Å². The molecule has 0 aliphatic heterocycles. The predicted octanol–water partition coefficient (Wildman–Crippen LogP) is 8.20. The number of aromatic nitrogens is 3. The molecule has 1 atom stereocenters. The first-order chi connectivity index (χ1) is 23.1. The second kappa shape index (κ2) is 15.8. The average molecular weight is 748 g/mol. The van der Waals surface area contributed by atoms with E-state index >= 15 is 0 Å². The predicted molar refractivity (Wildman–Crippen MR) is 197 cm³/mol. The molecule has 49 heavy (non-hydrogen) atoms. The topological polar surface area (TPSA) is 102 Å². The van der Waals surface area contributed by atoms with Crippen molar-refractivity contribution in [3.8, 4) is 11.8 Å². The van der Waals surface area contributed by atoms with Gasteiger partial charge in [0.2, 0.25) is 5.91 Å². The number of halogens is 2. The normalized spacial score (nSPS) is 14.4. The molecule has 1 amide bonds. The van der Waals surface area contributed by atoms with Crippen LogP contribution in [0.4, 0.5) is 0 Å². The molecule has 2 heterocycles. The van der Waals surface area contributed by atoms with E-state index in [2.05, 4.69) is 44.7 Å². The monoisotopic (exact) mass is 746 g/mol. The van der Waals surface area contributed by atoms with Crippen molar-refractivity contribution in [1.82, 2.24) is 19.4 Å². The Morgan fingerprint density at radius 2 is 1.73 bits per heavy atom. The molecule has 2 aromatic heterocycles. The minimum Gasteiger partial charge on any atom is -0.332 e. The molecule has 3 aromatic rings. The lowest BCUT2D eigenvalue weighted by Gasteiger charge is -2.34. The Morgan fingerprint density at radius 3 is 2.41 bits per heavy atom. The maximum Gasteiger partial charge on any atom is 0.224 e. The van der Waals surface area contributed by atoms with E-state index in [4.69, 9.17) is 11.6 Å². The van der Waals surface area contributed by atoms with E-state index < -0.39 is 5.41 Å². The number of fused-ring (bicyclic) bond motifs is 1. The molecular weight excluding hydrogens is 704 g/mol. The van der Waals surface area contributed by atoms with Gasteiger partial charge >= 0.3 is 0 Å². The molecule has 0 bridgehead atoms. The van der Waals surface area contributed by atoms with Crippen LogP contribution in [0.25, 0.3) is 11.0 Å². The van der Waals surface area contributed by atoms with Crippen LogP contribution in [0.2, 0.25) is 5.15 Å². The number of hydrogen-bond acceptors (Lipinski definition) is 6. The lowest BCUT2D eigenvalue weighted by molar-refractivity contribution is -0.133. The van der Waals surface area contributed by atoms with Gasteiger partial charge in [-0.25, -0.2) is 9.97 Å². The number of ketones is 3. The Balaban J connectivity index is 1.60. The van der Waals surface area contributed by atoms with Crippen molar-refractivity contribution in [2.24, 2.45) is 17.3 Å². The fourth-order valence-corrected chi connectivity index (χ4v) is 6.93. The van der Waals surface area contributed by atoms with Gasteiger partial charge in [-0.1, -0.05) is 80.4 Å². The molecule has 1 aliphatic rings. The number of benzene rings is 1. The Hall–Kier alpha value is -3.87. The smallest absolute Gasteiger partial charge is 0.224 e. The molecule has 258 valence electrons. The van der Waals surface area contributed by atoms with Gasteiger partial charge in [0, 0.05) is 74.9 Å². The van der Waals surface area contributed by atoms with E-state index in [-0.39, 0.29) is 48.1 Å². The highest BCUT2D eigenvalue weighted by Gasteiger charge is 2.39. The molecule has 1 unspecified atom stereocenters. The summed E-state index contributed by atoms with van der Waals surface area (Å²) in [5, 5.41) is 1.20. The van der Waals surface area contributed by atoms with E-state index in [1.165, 1.54) is 6.33 Å². The molecule has 0 saturated heterocycles. The number of amides is 1. The van der Waals surface area contributed by atoms with Gasteiger partial charge in [-0.2, -0.15) is 0 Å². The maximum absolute atomic E-state index is 14.2. The summed E-state index contributed by atoms with van der Waals surface area (Å²) in [5.41, 5.74) is 2.79. The first kappa shape index (κ1) is 37.9. The number of carbonyl (C=O) groups is 4. The summed E-state index contributed by atoms with van der Waals surface area (Å²) in [6.07, 6.45) is 5.03. The van der Waals surface area contributed by atoms with Crippen molar-refractivity contribution in [1.29, 1.82) is 0 Å². The molecule has 0 radical (unpaired) electrons. The van der Waals surface area contributed by atoms with E-state index in [0.29, 0.717) is 56.1 Å². The van der Waals surface area contributed by atoms with E-state index in [1.807, 2.05) is 56.7 Å². The number of allylic oxidation sites excluding steroid dienone is 4. The van der Waals surface area contributed by atoms with E-state index in [1.54, 1.807) is 31.7 Å². The minimum atomic E-state index is -0.885. The maximum atomic E-state index is 14.2. The van der Waals surface area contributed by atoms with Crippen molar-refractivity contribution in [3.05, 3.63) is 79.8 Å². The summed E-state index contributed by atoms with van der Waals surface area (Å²) in [5.74, 6) is 5.84. The molecule has 0 saturated carbocycles. The molecule has 0 N–H and O–H groups in total. The second-order valence-corrected chi connectivity index (χ2v) is 14.9. The van der Waals surface area contributed by atoms with Crippen LogP contribution in [0, 0.1) is 29.1 Å². The van der Waals surface area contributed by atoms with Crippen molar-refractivity contribution in [3.63, 3.8) is 0 Å². The summed E-state index contributed by atoms with van der Waals surface area (Å²) in [7, 11) is 0. The third kappa shape index (κ3) is 8.48. The largest absolute Gasteiger partial charge is 0.332 e. The van der Waals surface area contributed by atoms with Crippen molar-refractivity contribution >= 4 is 61.8 Å². The quantitative estimate of drug-likeness (QED) is 0.0802. The van der Waals surface area contributed by atoms with Crippen LogP contribution in [0.15, 0.2) is 63.6 Å². The molecule has 4 rings (SSSR count). The zero-order valence-electron chi connectivity index (χ0n) is 29.5. The zero-order valence-corrected chi connectivity index (χ0v) is 31.9. The van der Waals surface area contributed by atoms with Gasteiger partial charge in [-0.05, 0) is 57.4 Å². The van der Waals surface area contributed by atoms with Gasteiger partial charge < -0.3 is 9.47 Å². The van der Waals surface area contributed by atoms with Gasteiger partial charge in [-0.3, -0.25) is 19.2 Å². The van der Waals surface area contributed by atoms with Gasteiger partial charge in [0.15, 0.2) is 17.3 Å². The average Bonchev–Trinajstić information content (AvgIpc) is 3.48. The Labute approximate surface area is 302 Å². The van der Waals surface area contributed by atoms with Crippen LogP contribution in [-0.2, 0) is 20.9 Å². The third-order valence-corrected chi connectivity index (χ3v) is 10.4. The van der Waals surface area contributed by atoms with Gasteiger partial charge in [0.25, 0.3) is 0 Å². The zero-order chi connectivity index (χ0) is 36.2. The summed E-state index contributed by atoms with van der Waals surface area (Å²) in [6.45, 7) is 15.8. The Bertz CT molecular complexity index is 1940. The molecule has 0 spiro atoms. The first-order valence-corrected chi connectivity index (χ1v) is 17.8. The molecule has 8 nitrogen and oxygen atoms in total. The Morgan fingerprint density at radius 1 is 1.04 bits per heavy atom. The van der Waals surface area contributed by atoms with Gasteiger partial charge in [-0.15, -0.1) is 0 Å². The fourth-order valence-electron chi connectivity index (χ4n) is 6.29. The standard InChI is InChI=1S/C39H44BrClN4O4/c1-9-27(14-17-44-18-15-29-37(41)42-22-43-38(29)44)21-45(16-10-11-28-12-13-31(40)30(19-28)34(47)23(2)3)32(46)20-39(7,8)33-26(6)35(48)24(4)25(5)36(33)49/h12-13,15,18-19,22-23,27H,9,14,16-17,20-21H2,1-8H3. The van der Waals surface area contributed by atoms with Crippen LogP contribution in [-0.4, -0.2) is 55.8 Å². The second-order valence-electron chi connectivity index (χ2n) is 13.7. The summed E-state index contributed by atoms with van der Waals surface area (Å²) in [4.78, 5) is 63.6. The number of rotatable bonds is 12. The summed E-state index contributed by atoms with van der Waals surface area (Å²) >= 11 is 9.75. The van der Waals surface area contributed by atoms with Crippen LogP contribution < -0.4 is 0 Å². The number of carbonyl (C=O) groups excluding carboxylic acids is 4. The highest BCUT2D eigenvalue weighted by atomic mass is 79.9. The van der Waals surface area contributed by atoms with Crippen molar-refractivity contribution < 1.29 is 19.2 Å². The van der Waals surface area contributed by atoms with Crippen molar-refractivity contribution in [2.75, 3.05) is 13.1 Å². The van der Waals surface area contributed by atoms with Crippen LogP contribution in [0.3, 0.4) is 0 Å². The van der Waals surface area contributed by atoms with Crippen LogP contribution >= 0.6 is 27.5 Å². The molecule has 1 aromatic carbocycles. The lowest BCUT2D eigenvalue weighted by Crippen LogP contribution is -2.40. The molecule has 0 fully saturated rings. The summed E-state index contributed by atoms with van der Waals surface area (Å²) < 4.78 is 2.76. The summed E-state index contributed by atoms with van der Waals surface area (Å²) in [6, 6.07) is 7.34. The number of aryl methyl sites for hydroxylation is 1. The minimum absolute atomic E-state index is 0.0187. The van der Waals surface area contributed by atoms with Gasteiger partial charge in [0.1, 0.15) is 17.1 Å². The first-order valence-electron chi connectivity index (χ1n) is 16.6. The number of nitrogens with zero attached hydrogens (tertiary/aromatic N) is 4. The lowest BCUT2D eigenvalue weighted by atomic mass is 9.71. The third-order valence-electron chi connectivity index (χ3n) is 9.41. The highest BCUT2D eigenvalue weighted by Crippen LogP contribution is 2.39. The molecule has 10 heteroatoms. The molecule has 1 aliphatic carbocycles. The molecular formula is C39H44BrClN4O4. The fraction of sp³-hybridized carbons (Fsp3) is 0.436.